The standard InChI is InChI=1S/C14H14N4O2S2/c1-20-7-10-5-9(17-18-10)6-15-13(19)11-8-22-14(16-11)12-3-2-4-21-12/h2-5,8H,6-7H2,1H3,(H,15,19)(H,17,18). The highest BCUT2D eigenvalue weighted by Gasteiger charge is 2.12. The minimum Gasteiger partial charge on any atom is -0.378 e. The van der Waals surface area contributed by atoms with Crippen molar-refractivity contribution in [1.29, 1.82) is 0 Å². The zero-order valence-electron chi connectivity index (χ0n) is 11.8. The van der Waals surface area contributed by atoms with Crippen molar-refractivity contribution in [2.24, 2.45) is 0 Å². The molecule has 0 aliphatic rings. The third-order valence-electron chi connectivity index (χ3n) is 2.88. The molecule has 3 aromatic heterocycles. The van der Waals surface area contributed by atoms with E-state index in [-0.39, 0.29) is 5.91 Å². The van der Waals surface area contributed by atoms with Gasteiger partial charge >= 0.3 is 0 Å². The van der Waals surface area contributed by atoms with Crippen molar-refractivity contribution in [3.8, 4) is 9.88 Å². The van der Waals surface area contributed by atoms with Gasteiger partial charge in [-0.25, -0.2) is 4.98 Å². The molecule has 3 heterocycles. The summed E-state index contributed by atoms with van der Waals surface area (Å²) in [5, 5.41) is 14.4. The Kier molecular flexibility index (Phi) is 4.62. The summed E-state index contributed by atoms with van der Waals surface area (Å²) in [7, 11) is 1.61. The van der Waals surface area contributed by atoms with Crippen LogP contribution in [0, 0.1) is 0 Å². The largest absolute Gasteiger partial charge is 0.378 e. The van der Waals surface area contributed by atoms with Gasteiger partial charge in [0.1, 0.15) is 10.7 Å². The van der Waals surface area contributed by atoms with Crippen molar-refractivity contribution in [2.75, 3.05) is 7.11 Å². The van der Waals surface area contributed by atoms with Crippen LogP contribution in [0.3, 0.4) is 0 Å². The number of carbonyl (C=O) groups is 1. The van der Waals surface area contributed by atoms with Crippen molar-refractivity contribution < 1.29 is 9.53 Å². The number of nitrogens with zero attached hydrogens (tertiary/aromatic N) is 2. The summed E-state index contributed by atoms with van der Waals surface area (Å²) in [6.45, 7) is 0.822. The summed E-state index contributed by atoms with van der Waals surface area (Å²) in [5.41, 5.74) is 2.07. The molecule has 0 atom stereocenters. The Labute approximate surface area is 135 Å². The average molecular weight is 334 g/mol. The number of hydrogen-bond donors (Lipinski definition) is 2. The van der Waals surface area contributed by atoms with E-state index in [4.69, 9.17) is 4.74 Å². The first-order valence-corrected chi connectivity index (χ1v) is 8.32. The number of H-pyrrole nitrogens is 1. The van der Waals surface area contributed by atoms with Crippen molar-refractivity contribution in [3.63, 3.8) is 0 Å². The van der Waals surface area contributed by atoms with E-state index in [1.54, 1.807) is 23.8 Å². The van der Waals surface area contributed by atoms with Gasteiger partial charge in [0.15, 0.2) is 0 Å². The molecule has 0 saturated carbocycles. The maximum atomic E-state index is 12.1. The van der Waals surface area contributed by atoms with Crippen LogP contribution in [0.15, 0.2) is 29.0 Å². The van der Waals surface area contributed by atoms with Gasteiger partial charge < -0.3 is 10.1 Å². The third kappa shape index (κ3) is 3.41. The van der Waals surface area contributed by atoms with E-state index in [0.29, 0.717) is 18.8 Å². The molecule has 0 spiro atoms. The molecule has 0 aliphatic heterocycles. The number of amides is 1. The Hall–Kier alpha value is -2.03. The van der Waals surface area contributed by atoms with E-state index >= 15 is 0 Å². The van der Waals surface area contributed by atoms with Crippen molar-refractivity contribution in [1.82, 2.24) is 20.5 Å². The molecule has 0 aliphatic carbocycles. The minimum absolute atomic E-state index is 0.193. The molecule has 0 radical (unpaired) electrons. The van der Waals surface area contributed by atoms with E-state index in [9.17, 15) is 4.79 Å². The summed E-state index contributed by atoms with van der Waals surface area (Å²) in [6.07, 6.45) is 0. The lowest BCUT2D eigenvalue weighted by Gasteiger charge is -2.00. The highest BCUT2D eigenvalue weighted by atomic mass is 32.1. The maximum Gasteiger partial charge on any atom is 0.271 e. The molecule has 0 aromatic carbocycles. The van der Waals surface area contributed by atoms with Crippen LogP contribution in [0.1, 0.15) is 21.9 Å². The Morgan fingerprint density at radius 3 is 3.14 bits per heavy atom. The smallest absolute Gasteiger partial charge is 0.271 e. The lowest BCUT2D eigenvalue weighted by atomic mass is 10.3. The first-order valence-electron chi connectivity index (χ1n) is 6.56. The number of hydrogen-bond acceptors (Lipinski definition) is 6. The number of methoxy groups -OCH3 is 1. The zero-order chi connectivity index (χ0) is 15.4. The van der Waals surface area contributed by atoms with Crippen molar-refractivity contribution in [2.45, 2.75) is 13.2 Å². The average Bonchev–Trinajstić information content (AvgIpc) is 3.25. The number of carbonyl (C=O) groups excluding carboxylic acids is 1. The molecule has 3 aromatic rings. The van der Waals surface area contributed by atoms with Crippen LogP contribution in [0.4, 0.5) is 0 Å². The van der Waals surface area contributed by atoms with E-state index in [1.165, 1.54) is 11.3 Å². The fourth-order valence-corrected chi connectivity index (χ4v) is 3.49. The minimum atomic E-state index is -0.193. The number of nitrogens with one attached hydrogen (secondary N) is 2. The third-order valence-corrected chi connectivity index (χ3v) is 4.77. The Balaban J connectivity index is 1.60. The number of thiazole rings is 1. The summed E-state index contributed by atoms with van der Waals surface area (Å²) in [4.78, 5) is 17.6. The summed E-state index contributed by atoms with van der Waals surface area (Å²) >= 11 is 3.08. The van der Waals surface area contributed by atoms with Crippen LogP contribution in [-0.4, -0.2) is 28.2 Å². The number of ether oxygens (including phenoxy) is 1. The van der Waals surface area contributed by atoms with Crippen LogP contribution in [0.25, 0.3) is 9.88 Å². The SMILES string of the molecule is COCc1cc(CNC(=O)c2csc(-c3cccs3)n2)[nH]n1. The van der Waals surface area contributed by atoms with Crippen LogP contribution < -0.4 is 5.32 Å². The molecule has 6 nitrogen and oxygen atoms in total. The molecule has 1 amide bonds. The second kappa shape index (κ2) is 6.82. The first kappa shape index (κ1) is 14.9. The highest BCUT2D eigenvalue weighted by Crippen LogP contribution is 2.27. The lowest BCUT2D eigenvalue weighted by molar-refractivity contribution is 0.0946. The molecule has 0 unspecified atom stereocenters. The van der Waals surface area contributed by atoms with Gasteiger partial charge in [-0.2, -0.15) is 5.10 Å². The topological polar surface area (TPSA) is 79.9 Å². The summed E-state index contributed by atoms with van der Waals surface area (Å²) in [6, 6.07) is 5.83. The van der Waals surface area contributed by atoms with Gasteiger partial charge in [0.2, 0.25) is 0 Å². The molecule has 0 fully saturated rings. The molecule has 22 heavy (non-hydrogen) atoms. The lowest BCUT2D eigenvalue weighted by Crippen LogP contribution is -2.23. The van der Waals surface area contributed by atoms with E-state index in [1.807, 2.05) is 23.6 Å². The van der Waals surface area contributed by atoms with E-state index in [2.05, 4.69) is 20.5 Å². The number of thiophene rings is 1. The van der Waals surface area contributed by atoms with Crippen LogP contribution in [0.2, 0.25) is 0 Å². The van der Waals surface area contributed by atoms with Gasteiger partial charge in [-0.1, -0.05) is 6.07 Å². The molecular formula is C14H14N4O2S2. The molecule has 0 bridgehead atoms. The molecule has 8 heteroatoms. The normalized spacial score (nSPS) is 10.8. The van der Waals surface area contributed by atoms with Gasteiger partial charge in [0.25, 0.3) is 5.91 Å². The Morgan fingerprint density at radius 1 is 1.45 bits per heavy atom. The summed E-state index contributed by atoms with van der Waals surface area (Å²) in [5.74, 6) is -0.193. The monoisotopic (exact) mass is 334 g/mol. The van der Waals surface area contributed by atoms with Gasteiger partial charge in [-0.15, -0.1) is 22.7 Å². The van der Waals surface area contributed by atoms with E-state index in [0.717, 1.165) is 21.3 Å². The second-order valence-electron chi connectivity index (χ2n) is 4.52. The van der Waals surface area contributed by atoms with Crippen LogP contribution in [-0.2, 0) is 17.9 Å². The predicted molar refractivity (Wildman–Crippen MR) is 85.9 cm³/mol. The van der Waals surface area contributed by atoms with Gasteiger partial charge in [-0.05, 0) is 17.5 Å². The molecular weight excluding hydrogens is 320 g/mol. The second-order valence-corrected chi connectivity index (χ2v) is 6.32. The van der Waals surface area contributed by atoms with Crippen molar-refractivity contribution in [3.05, 3.63) is 46.0 Å². The molecule has 3 rings (SSSR count). The van der Waals surface area contributed by atoms with E-state index < -0.39 is 0 Å². The summed E-state index contributed by atoms with van der Waals surface area (Å²) < 4.78 is 5.00. The molecule has 2 N–H and O–H groups in total. The number of aromatic amines is 1. The first-order chi connectivity index (χ1) is 10.8. The maximum absolute atomic E-state index is 12.1. The molecule has 0 saturated heterocycles. The fraction of sp³-hybridized carbons (Fsp3) is 0.214. The van der Waals surface area contributed by atoms with Gasteiger partial charge in [-0.3, -0.25) is 9.89 Å². The Bertz CT molecular complexity index is 749. The van der Waals surface area contributed by atoms with Crippen molar-refractivity contribution >= 4 is 28.6 Å². The van der Waals surface area contributed by atoms with Crippen LogP contribution >= 0.6 is 22.7 Å². The predicted octanol–water partition coefficient (Wildman–Crippen LogP) is 2.67. The highest BCUT2D eigenvalue weighted by molar-refractivity contribution is 7.20. The quantitative estimate of drug-likeness (QED) is 0.726. The zero-order valence-corrected chi connectivity index (χ0v) is 13.5. The van der Waals surface area contributed by atoms with Gasteiger partial charge in [0, 0.05) is 12.5 Å². The molecule has 114 valence electrons. The van der Waals surface area contributed by atoms with Gasteiger partial charge in [0.05, 0.1) is 29.4 Å². The number of rotatable bonds is 6. The number of aromatic nitrogens is 3. The van der Waals surface area contributed by atoms with Crippen LogP contribution in [0.5, 0.6) is 0 Å². The fourth-order valence-electron chi connectivity index (χ4n) is 1.88. The Morgan fingerprint density at radius 2 is 2.36 bits per heavy atom.